The third-order valence-corrected chi connectivity index (χ3v) is 3.99. The van der Waals surface area contributed by atoms with Crippen molar-refractivity contribution in [2.75, 3.05) is 0 Å². The summed E-state index contributed by atoms with van der Waals surface area (Å²) in [6.45, 7) is 7.67. The molecule has 0 saturated carbocycles. The fourth-order valence-electron chi connectivity index (χ4n) is 3.28. The fourth-order valence-corrected chi connectivity index (χ4v) is 3.28. The molecule has 1 N–H and O–H groups in total. The molecule has 0 saturated heterocycles. The maximum atomic E-state index is 12.5. The largest absolute Gasteiger partial charge is 0.468 e. The molecule has 2 aliphatic heterocycles. The Morgan fingerprint density at radius 2 is 2.14 bits per heavy atom. The summed E-state index contributed by atoms with van der Waals surface area (Å²) in [4.78, 5) is 12.5. The molecule has 0 unspecified atom stereocenters. The van der Waals surface area contributed by atoms with E-state index in [2.05, 4.69) is 5.32 Å². The van der Waals surface area contributed by atoms with Crippen molar-refractivity contribution in [1.29, 1.82) is 0 Å². The number of hydrogen-bond acceptors (Lipinski definition) is 4. The van der Waals surface area contributed by atoms with Crippen molar-refractivity contribution in [1.82, 2.24) is 5.32 Å². The van der Waals surface area contributed by atoms with Gasteiger partial charge in [-0.2, -0.15) is 0 Å². The van der Waals surface area contributed by atoms with Gasteiger partial charge in [0.2, 0.25) is 0 Å². The average Bonchev–Trinajstić information content (AvgIpc) is 2.36. The molecule has 3 rings (SSSR count). The van der Waals surface area contributed by atoms with Crippen LogP contribution in [0.15, 0.2) is 35.5 Å². The zero-order valence-electron chi connectivity index (χ0n) is 12.9. The number of esters is 1. The van der Waals surface area contributed by atoms with Gasteiger partial charge in [0.1, 0.15) is 5.75 Å². The smallest absolute Gasteiger partial charge is 0.336 e. The SMILES string of the molecule is CC1=C(C(=O)OC(C)C)[C@@H]2C[C@](C)(N1)Oc1ccccc12. The van der Waals surface area contributed by atoms with E-state index in [1.807, 2.05) is 52.0 Å². The molecule has 0 fully saturated rings. The van der Waals surface area contributed by atoms with Gasteiger partial charge in [0.05, 0.1) is 11.7 Å². The monoisotopic (exact) mass is 287 g/mol. The van der Waals surface area contributed by atoms with E-state index in [-0.39, 0.29) is 18.0 Å². The Hall–Kier alpha value is -1.97. The summed E-state index contributed by atoms with van der Waals surface area (Å²) in [5, 5.41) is 3.33. The van der Waals surface area contributed by atoms with Crippen LogP contribution in [0.25, 0.3) is 0 Å². The van der Waals surface area contributed by atoms with Crippen LogP contribution < -0.4 is 10.1 Å². The number of allylic oxidation sites excluding steroid dienone is 1. The molecule has 0 radical (unpaired) electrons. The zero-order chi connectivity index (χ0) is 15.2. The van der Waals surface area contributed by atoms with Crippen LogP contribution in [0.1, 0.15) is 45.6 Å². The van der Waals surface area contributed by atoms with E-state index in [0.29, 0.717) is 0 Å². The molecule has 4 heteroatoms. The standard InChI is InChI=1S/C17H21NO3/c1-10(2)20-16(19)15-11(3)18-17(4)9-13(15)12-7-5-6-8-14(12)21-17/h5-8,10,13,18H,9H2,1-4H3/t13-,17-/m1/s1. The van der Waals surface area contributed by atoms with E-state index in [4.69, 9.17) is 9.47 Å². The van der Waals surface area contributed by atoms with Gasteiger partial charge in [0, 0.05) is 23.6 Å². The van der Waals surface area contributed by atoms with Gasteiger partial charge in [0.25, 0.3) is 0 Å². The number of benzene rings is 1. The third-order valence-electron chi connectivity index (χ3n) is 3.99. The van der Waals surface area contributed by atoms with Gasteiger partial charge in [-0.1, -0.05) is 18.2 Å². The molecule has 4 nitrogen and oxygen atoms in total. The lowest BCUT2D eigenvalue weighted by Crippen LogP contribution is -2.54. The number of rotatable bonds is 2. The van der Waals surface area contributed by atoms with Gasteiger partial charge in [-0.25, -0.2) is 4.79 Å². The number of ether oxygens (including phenoxy) is 2. The quantitative estimate of drug-likeness (QED) is 0.849. The van der Waals surface area contributed by atoms with Crippen molar-refractivity contribution in [3.05, 3.63) is 41.1 Å². The maximum Gasteiger partial charge on any atom is 0.336 e. The van der Waals surface area contributed by atoms with Gasteiger partial charge in [-0.3, -0.25) is 0 Å². The van der Waals surface area contributed by atoms with E-state index in [9.17, 15) is 4.79 Å². The third kappa shape index (κ3) is 2.39. The number of carbonyl (C=O) groups is 1. The first-order chi connectivity index (χ1) is 9.89. The molecular formula is C17H21NO3. The summed E-state index contributed by atoms with van der Waals surface area (Å²) in [5.74, 6) is 0.623. The van der Waals surface area contributed by atoms with Crippen molar-refractivity contribution in [3.63, 3.8) is 0 Å². The first-order valence-electron chi connectivity index (χ1n) is 7.37. The lowest BCUT2D eigenvalue weighted by Gasteiger charge is -2.45. The van der Waals surface area contributed by atoms with Crippen LogP contribution in [0, 0.1) is 0 Å². The predicted molar refractivity (Wildman–Crippen MR) is 79.9 cm³/mol. The Labute approximate surface area is 125 Å². The lowest BCUT2D eigenvalue weighted by molar-refractivity contribution is -0.143. The average molecular weight is 287 g/mol. The zero-order valence-corrected chi connectivity index (χ0v) is 12.9. The van der Waals surface area contributed by atoms with E-state index >= 15 is 0 Å². The van der Waals surface area contributed by atoms with Gasteiger partial charge >= 0.3 is 5.97 Å². The van der Waals surface area contributed by atoms with Crippen molar-refractivity contribution in [2.24, 2.45) is 0 Å². The summed E-state index contributed by atoms with van der Waals surface area (Å²) in [7, 11) is 0. The molecular weight excluding hydrogens is 266 g/mol. The van der Waals surface area contributed by atoms with Crippen molar-refractivity contribution >= 4 is 5.97 Å². The number of para-hydroxylation sites is 1. The Morgan fingerprint density at radius 3 is 2.86 bits per heavy atom. The van der Waals surface area contributed by atoms with Crippen molar-refractivity contribution < 1.29 is 14.3 Å². The minimum Gasteiger partial charge on any atom is -0.468 e. The molecule has 0 spiro atoms. The molecule has 2 atom stereocenters. The Morgan fingerprint density at radius 1 is 1.43 bits per heavy atom. The maximum absolute atomic E-state index is 12.5. The minimum absolute atomic E-state index is 0.0208. The van der Waals surface area contributed by atoms with E-state index in [1.165, 1.54) is 0 Å². The Kier molecular flexibility index (Phi) is 3.19. The van der Waals surface area contributed by atoms with Gasteiger partial charge in [-0.05, 0) is 33.8 Å². The van der Waals surface area contributed by atoms with Crippen molar-refractivity contribution in [3.8, 4) is 5.75 Å². The predicted octanol–water partition coefficient (Wildman–Crippen LogP) is 3.10. The van der Waals surface area contributed by atoms with E-state index in [1.54, 1.807) is 0 Å². The highest BCUT2D eigenvalue weighted by atomic mass is 16.5. The fraction of sp³-hybridized carbons (Fsp3) is 0.471. The van der Waals surface area contributed by atoms with Gasteiger partial charge in [-0.15, -0.1) is 0 Å². The topological polar surface area (TPSA) is 47.6 Å². The van der Waals surface area contributed by atoms with E-state index in [0.717, 1.165) is 29.0 Å². The normalized spacial score (nSPS) is 26.8. The highest BCUT2D eigenvalue weighted by Gasteiger charge is 2.45. The van der Waals surface area contributed by atoms with Crippen LogP contribution in [-0.4, -0.2) is 17.8 Å². The number of hydrogen-bond donors (Lipinski definition) is 1. The second-order valence-corrected chi connectivity index (χ2v) is 6.25. The second kappa shape index (κ2) is 4.79. The highest BCUT2D eigenvalue weighted by molar-refractivity contribution is 5.92. The molecule has 0 aromatic heterocycles. The first kappa shape index (κ1) is 14.0. The molecule has 2 heterocycles. The van der Waals surface area contributed by atoms with Crippen LogP contribution in [0.3, 0.4) is 0 Å². The summed E-state index contributed by atoms with van der Waals surface area (Å²) in [6.07, 6.45) is 0.602. The molecule has 0 amide bonds. The number of carbonyl (C=O) groups excluding carboxylic acids is 1. The number of fused-ring (bicyclic) bond motifs is 4. The highest BCUT2D eigenvalue weighted by Crippen LogP contribution is 2.47. The van der Waals surface area contributed by atoms with Crippen LogP contribution in [0.4, 0.5) is 0 Å². The van der Waals surface area contributed by atoms with Gasteiger partial charge < -0.3 is 14.8 Å². The van der Waals surface area contributed by atoms with Crippen LogP contribution in [-0.2, 0) is 9.53 Å². The second-order valence-electron chi connectivity index (χ2n) is 6.25. The minimum atomic E-state index is -0.468. The molecule has 2 aliphatic rings. The van der Waals surface area contributed by atoms with Gasteiger partial charge in [0.15, 0.2) is 5.72 Å². The molecule has 2 bridgehead atoms. The van der Waals surface area contributed by atoms with E-state index < -0.39 is 5.72 Å². The Bertz CT molecular complexity index is 620. The molecule has 1 aromatic carbocycles. The Balaban J connectivity index is 2.07. The lowest BCUT2D eigenvalue weighted by atomic mass is 9.78. The first-order valence-corrected chi connectivity index (χ1v) is 7.37. The summed E-state index contributed by atoms with van der Waals surface area (Å²) >= 11 is 0. The number of nitrogens with one attached hydrogen (secondary N) is 1. The summed E-state index contributed by atoms with van der Waals surface area (Å²) in [5.41, 5.74) is 2.16. The van der Waals surface area contributed by atoms with Crippen LogP contribution >= 0.6 is 0 Å². The van der Waals surface area contributed by atoms with Crippen molar-refractivity contribution in [2.45, 2.75) is 51.9 Å². The molecule has 0 aliphatic carbocycles. The van der Waals surface area contributed by atoms with Crippen LogP contribution in [0.5, 0.6) is 5.75 Å². The molecule has 1 aromatic rings. The molecule has 112 valence electrons. The molecule has 21 heavy (non-hydrogen) atoms. The summed E-state index contributed by atoms with van der Waals surface area (Å²) < 4.78 is 11.5. The van der Waals surface area contributed by atoms with Crippen LogP contribution in [0.2, 0.25) is 0 Å². The summed E-state index contributed by atoms with van der Waals surface area (Å²) in [6, 6.07) is 7.91.